The van der Waals surface area contributed by atoms with Gasteiger partial charge in [-0.3, -0.25) is 0 Å². The van der Waals surface area contributed by atoms with Crippen molar-refractivity contribution in [2.45, 2.75) is 12.6 Å². The highest BCUT2D eigenvalue weighted by Gasteiger charge is 2.30. The van der Waals surface area contributed by atoms with Gasteiger partial charge in [0, 0.05) is 5.33 Å². The van der Waals surface area contributed by atoms with Gasteiger partial charge in [-0.15, -0.1) is 0 Å². The first kappa shape index (κ1) is 12.3. The van der Waals surface area contributed by atoms with Crippen molar-refractivity contribution in [2.24, 2.45) is 0 Å². The summed E-state index contributed by atoms with van der Waals surface area (Å²) in [5.74, 6) is 0. The average molecular weight is 279 g/mol. The normalized spacial score (nSPS) is 12.3. The van der Waals surface area contributed by atoms with E-state index in [-0.39, 0.29) is 0 Å². The monoisotopic (exact) mass is 278 g/mol. The summed E-state index contributed by atoms with van der Waals surface area (Å²) in [6.45, 7) is 0. The van der Waals surface area contributed by atoms with E-state index < -0.39 is 11.7 Å². The Labute approximate surface area is 94.9 Å². The lowest BCUT2D eigenvalue weighted by molar-refractivity contribution is -0.137. The van der Waals surface area contributed by atoms with Gasteiger partial charge in [-0.05, 0) is 24.1 Å². The van der Waals surface area contributed by atoms with Crippen molar-refractivity contribution in [2.75, 3.05) is 5.33 Å². The highest BCUT2D eigenvalue weighted by molar-refractivity contribution is 9.09. The molecule has 0 N–H and O–H groups in total. The van der Waals surface area contributed by atoms with Crippen molar-refractivity contribution in [1.29, 1.82) is 0 Å². The fraction of sp³-hybridized carbons (Fsp3) is 0.273. The molecule has 0 atom stereocenters. The topological polar surface area (TPSA) is 0 Å². The van der Waals surface area contributed by atoms with Crippen molar-refractivity contribution < 1.29 is 13.2 Å². The standard InChI is InChI=1S/C11H10BrF3/c12-7-2-1-4-9-5-3-6-10(8-9)11(13,14)15/h1,3-6,8H,2,7H2. The van der Waals surface area contributed by atoms with E-state index in [1.165, 1.54) is 6.07 Å². The number of hydrogen-bond donors (Lipinski definition) is 0. The molecule has 0 unspecified atom stereocenters. The van der Waals surface area contributed by atoms with E-state index in [0.717, 1.165) is 23.9 Å². The Morgan fingerprint density at radius 3 is 2.60 bits per heavy atom. The third kappa shape index (κ3) is 4.08. The molecule has 0 saturated carbocycles. The van der Waals surface area contributed by atoms with Gasteiger partial charge < -0.3 is 0 Å². The summed E-state index contributed by atoms with van der Waals surface area (Å²) in [6, 6.07) is 5.28. The summed E-state index contributed by atoms with van der Waals surface area (Å²) in [5.41, 5.74) is -0.0331. The molecule has 82 valence electrons. The molecule has 0 aromatic heterocycles. The van der Waals surface area contributed by atoms with Gasteiger partial charge in [0.05, 0.1) is 5.56 Å². The van der Waals surface area contributed by atoms with Crippen LogP contribution >= 0.6 is 15.9 Å². The van der Waals surface area contributed by atoms with Crippen molar-refractivity contribution in [3.8, 4) is 0 Å². The molecular weight excluding hydrogens is 269 g/mol. The van der Waals surface area contributed by atoms with E-state index in [0.29, 0.717) is 5.56 Å². The molecule has 1 rings (SSSR count). The van der Waals surface area contributed by atoms with Crippen molar-refractivity contribution in [3.63, 3.8) is 0 Å². The minimum absolute atomic E-state index is 0.575. The van der Waals surface area contributed by atoms with Crippen molar-refractivity contribution >= 4 is 22.0 Å². The highest BCUT2D eigenvalue weighted by Crippen LogP contribution is 2.29. The van der Waals surface area contributed by atoms with Crippen molar-refractivity contribution in [1.82, 2.24) is 0 Å². The van der Waals surface area contributed by atoms with E-state index >= 15 is 0 Å². The van der Waals surface area contributed by atoms with Crippen LogP contribution in [0.1, 0.15) is 17.5 Å². The molecule has 0 nitrogen and oxygen atoms in total. The number of allylic oxidation sites excluding steroid dienone is 1. The summed E-state index contributed by atoms with van der Waals surface area (Å²) in [7, 11) is 0. The van der Waals surface area contributed by atoms with Crippen LogP contribution < -0.4 is 0 Å². The Balaban J connectivity index is 2.84. The smallest absolute Gasteiger partial charge is 0.166 e. The molecule has 15 heavy (non-hydrogen) atoms. The zero-order valence-electron chi connectivity index (χ0n) is 7.89. The molecule has 0 bridgehead atoms. The first-order valence-corrected chi connectivity index (χ1v) is 5.56. The van der Waals surface area contributed by atoms with E-state index in [9.17, 15) is 13.2 Å². The van der Waals surface area contributed by atoms with Gasteiger partial charge in [0.15, 0.2) is 0 Å². The zero-order valence-corrected chi connectivity index (χ0v) is 9.48. The molecule has 0 saturated heterocycles. The fourth-order valence-electron chi connectivity index (χ4n) is 1.10. The fourth-order valence-corrected chi connectivity index (χ4v) is 1.37. The maximum atomic E-state index is 12.3. The first-order valence-electron chi connectivity index (χ1n) is 4.44. The molecule has 1 aromatic rings. The lowest BCUT2D eigenvalue weighted by atomic mass is 10.1. The van der Waals surface area contributed by atoms with Crippen LogP contribution in [0.4, 0.5) is 13.2 Å². The van der Waals surface area contributed by atoms with Crippen LogP contribution in [0.25, 0.3) is 6.08 Å². The minimum atomic E-state index is -4.26. The molecule has 4 heteroatoms. The molecule has 0 aliphatic heterocycles. The Morgan fingerprint density at radius 2 is 2.00 bits per heavy atom. The van der Waals surface area contributed by atoms with Crippen LogP contribution in [0.5, 0.6) is 0 Å². The van der Waals surface area contributed by atoms with Gasteiger partial charge >= 0.3 is 6.18 Å². The quantitative estimate of drug-likeness (QED) is 0.714. The molecular formula is C11H10BrF3. The first-order chi connectivity index (χ1) is 7.04. The average Bonchev–Trinajstić information content (AvgIpc) is 2.17. The van der Waals surface area contributed by atoms with Gasteiger partial charge in [-0.2, -0.15) is 13.2 Å². The van der Waals surface area contributed by atoms with Gasteiger partial charge in [0.2, 0.25) is 0 Å². The number of halogens is 4. The van der Waals surface area contributed by atoms with E-state index in [2.05, 4.69) is 15.9 Å². The number of hydrogen-bond acceptors (Lipinski definition) is 0. The van der Waals surface area contributed by atoms with Crippen LogP contribution in [-0.4, -0.2) is 5.33 Å². The highest BCUT2D eigenvalue weighted by atomic mass is 79.9. The van der Waals surface area contributed by atoms with Gasteiger partial charge in [0.1, 0.15) is 0 Å². The molecule has 0 fully saturated rings. The van der Waals surface area contributed by atoms with Gasteiger partial charge in [-0.25, -0.2) is 0 Å². The van der Waals surface area contributed by atoms with E-state index in [1.807, 2.05) is 6.08 Å². The summed E-state index contributed by atoms with van der Waals surface area (Å²) in [4.78, 5) is 0. The number of rotatable bonds is 3. The Morgan fingerprint density at radius 1 is 1.27 bits per heavy atom. The lowest BCUT2D eigenvalue weighted by Gasteiger charge is -2.06. The molecule has 0 radical (unpaired) electrons. The van der Waals surface area contributed by atoms with Gasteiger partial charge in [0.25, 0.3) is 0 Å². The number of benzene rings is 1. The third-order valence-electron chi connectivity index (χ3n) is 1.80. The van der Waals surface area contributed by atoms with Crippen LogP contribution in [0, 0.1) is 0 Å². The van der Waals surface area contributed by atoms with E-state index in [4.69, 9.17) is 0 Å². The van der Waals surface area contributed by atoms with Gasteiger partial charge in [-0.1, -0.05) is 40.2 Å². The predicted octanol–water partition coefficient (Wildman–Crippen LogP) is 4.50. The number of alkyl halides is 4. The second kappa shape index (κ2) is 5.35. The second-order valence-electron chi connectivity index (χ2n) is 3.00. The molecule has 0 aliphatic carbocycles. The molecule has 0 spiro atoms. The van der Waals surface area contributed by atoms with Crippen molar-refractivity contribution in [3.05, 3.63) is 41.5 Å². The Bertz CT molecular complexity index is 342. The zero-order chi connectivity index (χ0) is 11.3. The van der Waals surface area contributed by atoms with E-state index in [1.54, 1.807) is 12.1 Å². The van der Waals surface area contributed by atoms with Crippen LogP contribution in [0.15, 0.2) is 30.3 Å². The Hall–Kier alpha value is -0.770. The summed E-state index contributed by atoms with van der Waals surface area (Å²) in [6.07, 6.45) is 0.0657. The molecule has 0 heterocycles. The minimum Gasteiger partial charge on any atom is -0.166 e. The maximum absolute atomic E-state index is 12.3. The van der Waals surface area contributed by atoms with Crippen LogP contribution in [0.3, 0.4) is 0 Å². The largest absolute Gasteiger partial charge is 0.416 e. The second-order valence-corrected chi connectivity index (χ2v) is 3.80. The van der Waals surface area contributed by atoms with Crippen LogP contribution in [-0.2, 0) is 6.18 Å². The Kier molecular flexibility index (Phi) is 4.39. The third-order valence-corrected chi connectivity index (χ3v) is 2.26. The predicted molar refractivity (Wildman–Crippen MR) is 58.9 cm³/mol. The lowest BCUT2D eigenvalue weighted by Crippen LogP contribution is -2.04. The summed E-state index contributed by atoms with van der Waals surface area (Å²) >= 11 is 3.24. The summed E-state index contributed by atoms with van der Waals surface area (Å²) in [5, 5.41) is 0.808. The summed E-state index contributed by atoms with van der Waals surface area (Å²) < 4.78 is 37.0. The van der Waals surface area contributed by atoms with Crippen LogP contribution in [0.2, 0.25) is 0 Å². The molecule has 0 amide bonds. The maximum Gasteiger partial charge on any atom is 0.416 e. The SMILES string of the molecule is FC(F)(F)c1cccc(C=CCCBr)c1. The molecule has 1 aromatic carbocycles. The molecule has 0 aliphatic rings.